The van der Waals surface area contributed by atoms with Gasteiger partial charge in [0.2, 0.25) is 0 Å². The normalized spacial score (nSPS) is 19.1. The molecule has 0 bridgehead atoms. The predicted molar refractivity (Wildman–Crippen MR) is 73.4 cm³/mol. The molecule has 18 heavy (non-hydrogen) atoms. The Labute approximate surface area is 117 Å². The van der Waals surface area contributed by atoms with Gasteiger partial charge in [0.25, 0.3) is 0 Å². The number of halogens is 2. The fraction of sp³-hybridized carbons (Fsp3) is 0.500. The van der Waals surface area contributed by atoms with Crippen LogP contribution in [0.1, 0.15) is 31.2 Å². The van der Waals surface area contributed by atoms with Gasteiger partial charge in [-0.25, -0.2) is 0 Å². The molecule has 98 valence electrons. The van der Waals surface area contributed by atoms with Gasteiger partial charge in [-0.2, -0.15) is 0 Å². The summed E-state index contributed by atoms with van der Waals surface area (Å²) in [5.41, 5.74) is 0.734. The zero-order valence-electron chi connectivity index (χ0n) is 10.1. The first kappa shape index (κ1) is 13.9. The van der Waals surface area contributed by atoms with E-state index >= 15 is 0 Å². The Bertz CT molecular complexity index is 406. The molecule has 1 heterocycles. The number of Topliss-reactive ketones (excluding diaryl/α,β-unsaturated/α-hetero) is 1. The van der Waals surface area contributed by atoms with E-state index in [0.717, 1.165) is 31.4 Å². The lowest BCUT2D eigenvalue weighted by atomic mass is 10.0. The third-order valence-corrected chi connectivity index (χ3v) is 3.91. The highest BCUT2D eigenvalue weighted by Gasteiger charge is 2.17. The van der Waals surface area contributed by atoms with E-state index in [2.05, 4.69) is 0 Å². The van der Waals surface area contributed by atoms with Crippen molar-refractivity contribution in [1.29, 1.82) is 0 Å². The first-order chi connectivity index (χ1) is 8.66. The smallest absolute Gasteiger partial charge is 0.137 e. The van der Waals surface area contributed by atoms with Crippen LogP contribution in [-0.2, 0) is 16.0 Å². The highest BCUT2D eigenvalue weighted by atomic mass is 35.5. The zero-order valence-corrected chi connectivity index (χ0v) is 11.6. The lowest BCUT2D eigenvalue weighted by Crippen LogP contribution is -2.10. The number of hydrogen-bond acceptors (Lipinski definition) is 2. The number of benzene rings is 1. The number of carbonyl (C=O) groups excluding carboxylic acids is 1. The van der Waals surface area contributed by atoms with Crippen LogP contribution in [-0.4, -0.2) is 18.5 Å². The van der Waals surface area contributed by atoms with Gasteiger partial charge in [0.05, 0.1) is 6.10 Å². The van der Waals surface area contributed by atoms with Crippen LogP contribution in [0.15, 0.2) is 18.2 Å². The van der Waals surface area contributed by atoms with Gasteiger partial charge in [0.15, 0.2) is 0 Å². The molecule has 1 aromatic rings. The molecule has 0 saturated carbocycles. The third kappa shape index (κ3) is 3.71. The molecule has 0 amide bonds. The van der Waals surface area contributed by atoms with E-state index in [9.17, 15) is 4.79 Å². The lowest BCUT2D eigenvalue weighted by molar-refractivity contribution is -0.119. The van der Waals surface area contributed by atoms with E-state index < -0.39 is 0 Å². The van der Waals surface area contributed by atoms with E-state index in [1.807, 2.05) is 0 Å². The van der Waals surface area contributed by atoms with Crippen molar-refractivity contribution in [2.45, 2.75) is 38.2 Å². The summed E-state index contributed by atoms with van der Waals surface area (Å²) in [6.45, 7) is 0.829. The highest BCUT2D eigenvalue weighted by molar-refractivity contribution is 6.36. The first-order valence-electron chi connectivity index (χ1n) is 6.23. The van der Waals surface area contributed by atoms with Crippen LogP contribution in [0.5, 0.6) is 0 Å². The molecule has 0 aliphatic carbocycles. The average molecular weight is 287 g/mol. The second-order valence-electron chi connectivity index (χ2n) is 4.59. The summed E-state index contributed by atoms with van der Waals surface area (Å²) in [5, 5.41) is 1.13. The van der Waals surface area contributed by atoms with Gasteiger partial charge in [-0.15, -0.1) is 0 Å². The Balaban J connectivity index is 1.86. The van der Waals surface area contributed by atoms with Crippen LogP contribution in [0.4, 0.5) is 0 Å². The predicted octanol–water partition coefficient (Wildman–Crippen LogP) is 4.06. The molecular formula is C14H16Cl2O2. The van der Waals surface area contributed by atoms with Crippen molar-refractivity contribution >= 4 is 29.0 Å². The summed E-state index contributed by atoms with van der Waals surface area (Å²) in [4.78, 5) is 11.9. The minimum Gasteiger partial charge on any atom is -0.378 e. The summed E-state index contributed by atoms with van der Waals surface area (Å²) in [5.74, 6) is 0.167. The summed E-state index contributed by atoms with van der Waals surface area (Å²) in [6, 6.07) is 5.30. The topological polar surface area (TPSA) is 26.3 Å². The molecule has 2 rings (SSSR count). The van der Waals surface area contributed by atoms with Crippen molar-refractivity contribution in [2.75, 3.05) is 6.61 Å². The molecule has 1 aliphatic heterocycles. The molecule has 0 aromatic heterocycles. The van der Waals surface area contributed by atoms with E-state index in [-0.39, 0.29) is 11.9 Å². The molecule has 0 spiro atoms. The Kier molecular flexibility index (Phi) is 5.04. The van der Waals surface area contributed by atoms with Gasteiger partial charge in [-0.1, -0.05) is 29.3 Å². The van der Waals surface area contributed by atoms with Crippen LogP contribution < -0.4 is 0 Å². The van der Waals surface area contributed by atoms with Crippen LogP contribution in [0.2, 0.25) is 10.0 Å². The number of ketones is 1. The van der Waals surface area contributed by atoms with Crippen LogP contribution in [0, 0.1) is 0 Å². The molecule has 1 aromatic carbocycles. The lowest BCUT2D eigenvalue weighted by Gasteiger charge is -2.09. The second kappa shape index (κ2) is 6.55. The Morgan fingerprint density at radius 3 is 2.67 bits per heavy atom. The molecule has 0 radical (unpaired) electrons. The molecule has 1 fully saturated rings. The fourth-order valence-electron chi connectivity index (χ4n) is 2.18. The molecule has 1 saturated heterocycles. The average Bonchev–Trinajstić information content (AvgIpc) is 2.84. The molecule has 2 nitrogen and oxygen atoms in total. The quantitative estimate of drug-likeness (QED) is 0.816. The standard InChI is InChI=1S/C14H16Cl2O2/c15-13-4-1-5-14(16)12(13)9-10(17)6-7-11-3-2-8-18-11/h1,4-5,11H,2-3,6-9H2. The van der Waals surface area contributed by atoms with Crippen molar-refractivity contribution < 1.29 is 9.53 Å². The zero-order chi connectivity index (χ0) is 13.0. The Morgan fingerprint density at radius 1 is 1.33 bits per heavy atom. The molecule has 4 heteroatoms. The van der Waals surface area contributed by atoms with E-state index in [0.29, 0.717) is 22.9 Å². The first-order valence-corrected chi connectivity index (χ1v) is 6.98. The highest BCUT2D eigenvalue weighted by Crippen LogP contribution is 2.25. The monoisotopic (exact) mass is 286 g/mol. The van der Waals surface area contributed by atoms with Gasteiger partial charge in [0.1, 0.15) is 5.78 Å². The maximum absolute atomic E-state index is 11.9. The molecule has 1 unspecified atom stereocenters. The number of ether oxygens (including phenoxy) is 1. The number of rotatable bonds is 5. The van der Waals surface area contributed by atoms with Crippen molar-refractivity contribution in [2.24, 2.45) is 0 Å². The largest absolute Gasteiger partial charge is 0.378 e. The Morgan fingerprint density at radius 2 is 2.06 bits per heavy atom. The SMILES string of the molecule is O=C(CCC1CCCO1)Cc1c(Cl)cccc1Cl. The summed E-state index contributed by atoms with van der Waals surface area (Å²) in [6.07, 6.45) is 4.09. The van der Waals surface area contributed by atoms with Crippen molar-refractivity contribution in [3.05, 3.63) is 33.8 Å². The van der Waals surface area contributed by atoms with Gasteiger partial charge in [0, 0.05) is 29.5 Å². The third-order valence-electron chi connectivity index (χ3n) is 3.20. The number of hydrogen-bond donors (Lipinski definition) is 0. The van der Waals surface area contributed by atoms with Gasteiger partial charge in [-0.3, -0.25) is 4.79 Å². The minimum absolute atomic E-state index is 0.167. The Hall–Kier alpha value is -0.570. The maximum Gasteiger partial charge on any atom is 0.137 e. The summed E-state index contributed by atoms with van der Waals surface area (Å²) in [7, 11) is 0. The van der Waals surface area contributed by atoms with Crippen LogP contribution in [0.3, 0.4) is 0 Å². The van der Waals surface area contributed by atoms with Crippen LogP contribution in [0.25, 0.3) is 0 Å². The second-order valence-corrected chi connectivity index (χ2v) is 5.40. The maximum atomic E-state index is 11.9. The van der Waals surface area contributed by atoms with Crippen molar-refractivity contribution in [1.82, 2.24) is 0 Å². The fourth-order valence-corrected chi connectivity index (χ4v) is 2.71. The summed E-state index contributed by atoms with van der Waals surface area (Å²) >= 11 is 12.1. The molecule has 0 N–H and O–H groups in total. The van der Waals surface area contributed by atoms with E-state index in [4.69, 9.17) is 27.9 Å². The van der Waals surface area contributed by atoms with Gasteiger partial charge < -0.3 is 4.74 Å². The summed E-state index contributed by atoms with van der Waals surface area (Å²) < 4.78 is 5.50. The van der Waals surface area contributed by atoms with Gasteiger partial charge >= 0.3 is 0 Å². The molecular weight excluding hydrogens is 271 g/mol. The van der Waals surface area contributed by atoms with Crippen molar-refractivity contribution in [3.8, 4) is 0 Å². The number of carbonyl (C=O) groups is 1. The van der Waals surface area contributed by atoms with Gasteiger partial charge in [-0.05, 0) is 37.0 Å². The van der Waals surface area contributed by atoms with Crippen molar-refractivity contribution in [3.63, 3.8) is 0 Å². The van der Waals surface area contributed by atoms with E-state index in [1.54, 1.807) is 18.2 Å². The van der Waals surface area contributed by atoms with E-state index in [1.165, 1.54) is 0 Å². The minimum atomic E-state index is 0.167. The molecule has 1 atom stereocenters. The van der Waals surface area contributed by atoms with Crippen LogP contribution >= 0.6 is 23.2 Å². The molecule has 1 aliphatic rings.